The molecule has 1 aromatic carbocycles. The van der Waals surface area contributed by atoms with Crippen LogP contribution in [0.15, 0.2) is 18.2 Å². The van der Waals surface area contributed by atoms with E-state index in [1.807, 2.05) is 0 Å². The fourth-order valence-electron chi connectivity index (χ4n) is 2.87. The second-order valence-corrected chi connectivity index (χ2v) is 4.88. The first kappa shape index (κ1) is 12.5. The zero-order valence-electron chi connectivity index (χ0n) is 9.92. The number of nitrogens with two attached hydrogens (primary N) is 1. The lowest BCUT2D eigenvalue weighted by molar-refractivity contribution is 0.297. The minimum absolute atomic E-state index is 0.274. The van der Waals surface area contributed by atoms with Crippen molar-refractivity contribution in [2.24, 2.45) is 17.7 Å². The van der Waals surface area contributed by atoms with Crippen molar-refractivity contribution in [3.05, 3.63) is 35.4 Å². The van der Waals surface area contributed by atoms with Gasteiger partial charge in [-0.2, -0.15) is 0 Å². The first-order chi connectivity index (χ1) is 8.13. The molecule has 0 aromatic heterocycles. The van der Waals surface area contributed by atoms with Crippen LogP contribution >= 0.6 is 0 Å². The van der Waals surface area contributed by atoms with Gasteiger partial charge in [0.1, 0.15) is 11.6 Å². The van der Waals surface area contributed by atoms with E-state index in [1.165, 1.54) is 6.07 Å². The van der Waals surface area contributed by atoms with E-state index in [2.05, 4.69) is 12.3 Å². The Morgan fingerprint density at radius 2 is 2.12 bits per heavy atom. The van der Waals surface area contributed by atoms with Gasteiger partial charge in [0, 0.05) is 5.56 Å². The number of hydrogen-bond donors (Lipinski definition) is 2. The van der Waals surface area contributed by atoms with Gasteiger partial charge >= 0.3 is 0 Å². The standard InChI is InChI=1S/C13H18F2N2/c1-8-3-2-4-10(8)13(17-16)11-7-9(14)5-6-12(11)15/h5-8,10,13,17H,2-4,16H2,1H3. The summed E-state index contributed by atoms with van der Waals surface area (Å²) >= 11 is 0. The summed E-state index contributed by atoms with van der Waals surface area (Å²) in [6.07, 6.45) is 3.26. The summed E-state index contributed by atoms with van der Waals surface area (Å²) in [5.74, 6) is 5.47. The first-order valence-electron chi connectivity index (χ1n) is 6.04. The maximum absolute atomic E-state index is 13.7. The number of halogens is 2. The van der Waals surface area contributed by atoms with Crippen LogP contribution in [0.2, 0.25) is 0 Å². The van der Waals surface area contributed by atoms with Crippen LogP contribution in [0.25, 0.3) is 0 Å². The van der Waals surface area contributed by atoms with E-state index in [1.54, 1.807) is 0 Å². The van der Waals surface area contributed by atoms with Gasteiger partial charge in [-0.3, -0.25) is 11.3 Å². The summed E-state index contributed by atoms with van der Waals surface area (Å²) in [5, 5.41) is 0. The summed E-state index contributed by atoms with van der Waals surface area (Å²) in [7, 11) is 0. The third-order valence-corrected chi connectivity index (χ3v) is 3.83. The monoisotopic (exact) mass is 240 g/mol. The average molecular weight is 240 g/mol. The second kappa shape index (κ2) is 5.10. The summed E-state index contributed by atoms with van der Waals surface area (Å²) in [6, 6.07) is 3.23. The van der Waals surface area contributed by atoms with Gasteiger partial charge in [-0.25, -0.2) is 8.78 Å². The van der Waals surface area contributed by atoms with Crippen molar-refractivity contribution in [1.29, 1.82) is 0 Å². The lowest BCUT2D eigenvalue weighted by Gasteiger charge is -2.27. The molecule has 0 aliphatic heterocycles. The molecule has 1 aromatic rings. The minimum Gasteiger partial charge on any atom is -0.271 e. The summed E-state index contributed by atoms with van der Waals surface area (Å²) in [5.41, 5.74) is 2.99. The summed E-state index contributed by atoms with van der Waals surface area (Å²) in [6.45, 7) is 2.14. The highest BCUT2D eigenvalue weighted by molar-refractivity contribution is 5.23. The Hall–Kier alpha value is -1.00. The molecule has 0 amide bonds. The van der Waals surface area contributed by atoms with E-state index in [-0.39, 0.29) is 12.0 Å². The smallest absolute Gasteiger partial charge is 0.128 e. The molecule has 94 valence electrons. The molecule has 3 atom stereocenters. The summed E-state index contributed by atoms with van der Waals surface area (Å²) in [4.78, 5) is 0. The molecular formula is C13H18F2N2. The van der Waals surface area contributed by atoms with Crippen LogP contribution in [0.1, 0.15) is 37.8 Å². The molecule has 0 saturated heterocycles. The van der Waals surface area contributed by atoms with Gasteiger partial charge in [0.2, 0.25) is 0 Å². The van der Waals surface area contributed by atoms with E-state index < -0.39 is 11.6 Å². The first-order valence-corrected chi connectivity index (χ1v) is 6.04. The quantitative estimate of drug-likeness (QED) is 0.629. The molecule has 0 heterocycles. The number of benzene rings is 1. The zero-order chi connectivity index (χ0) is 12.4. The largest absolute Gasteiger partial charge is 0.271 e. The Balaban J connectivity index is 2.31. The van der Waals surface area contributed by atoms with Crippen molar-refractivity contribution in [3.63, 3.8) is 0 Å². The minimum atomic E-state index is -0.424. The number of hydrogen-bond acceptors (Lipinski definition) is 2. The van der Waals surface area contributed by atoms with Gasteiger partial charge in [-0.1, -0.05) is 19.8 Å². The zero-order valence-corrected chi connectivity index (χ0v) is 9.92. The van der Waals surface area contributed by atoms with Gasteiger partial charge in [-0.15, -0.1) is 0 Å². The molecule has 1 aliphatic rings. The van der Waals surface area contributed by atoms with Crippen LogP contribution in [0.4, 0.5) is 8.78 Å². The Morgan fingerprint density at radius 3 is 2.71 bits per heavy atom. The van der Waals surface area contributed by atoms with Crippen LogP contribution in [0.3, 0.4) is 0 Å². The van der Waals surface area contributed by atoms with Gasteiger partial charge in [0.15, 0.2) is 0 Å². The van der Waals surface area contributed by atoms with Crippen LogP contribution in [0.5, 0.6) is 0 Å². The van der Waals surface area contributed by atoms with Crippen molar-refractivity contribution in [2.45, 2.75) is 32.2 Å². The lowest BCUT2D eigenvalue weighted by Crippen LogP contribution is -2.35. The van der Waals surface area contributed by atoms with E-state index >= 15 is 0 Å². The van der Waals surface area contributed by atoms with Crippen molar-refractivity contribution in [1.82, 2.24) is 5.43 Å². The highest BCUT2D eigenvalue weighted by Gasteiger charge is 2.32. The topological polar surface area (TPSA) is 38.0 Å². The Labute approximate surface area is 100 Å². The van der Waals surface area contributed by atoms with Gasteiger partial charge in [-0.05, 0) is 36.5 Å². The van der Waals surface area contributed by atoms with Crippen molar-refractivity contribution >= 4 is 0 Å². The molecule has 0 bridgehead atoms. The van der Waals surface area contributed by atoms with E-state index in [9.17, 15) is 8.78 Å². The molecule has 1 saturated carbocycles. The average Bonchev–Trinajstić information content (AvgIpc) is 2.71. The van der Waals surface area contributed by atoms with Crippen LogP contribution in [0, 0.1) is 23.5 Å². The third-order valence-electron chi connectivity index (χ3n) is 3.83. The lowest BCUT2D eigenvalue weighted by atomic mass is 9.86. The Bertz CT molecular complexity index is 395. The molecule has 0 spiro atoms. The molecular weight excluding hydrogens is 222 g/mol. The predicted molar refractivity (Wildman–Crippen MR) is 62.9 cm³/mol. The number of rotatable bonds is 3. The number of hydrazine groups is 1. The highest BCUT2D eigenvalue weighted by atomic mass is 19.1. The maximum Gasteiger partial charge on any atom is 0.128 e. The molecule has 2 nitrogen and oxygen atoms in total. The van der Waals surface area contributed by atoms with Crippen LogP contribution in [-0.2, 0) is 0 Å². The van der Waals surface area contributed by atoms with Crippen molar-refractivity contribution in [2.75, 3.05) is 0 Å². The fraction of sp³-hybridized carbons (Fsp3) is 0.538. The van der Waals surface area contributed by atoms with Gasteiger partial charge in [0.05, 0.1) is 6.04 Å². The molecule has 0 radical (unpaired) electrons. The van der Waals surface area contributed by atoms with E-state index in [4.69, 9.17) is 5.84 Å². The third kappa shape index (κ3) is 2.48. The highest BCUT2D eigenvalue weighted by Crippen LogP contribution is 2.40. The maximum atomic E-state index is 13.7. The van der Waals surface area contributed by atoms with Gasteiger partial charge in [0.25, 0.3) is 0 Å². The molecule has 1 aliphatic carbocycles. The van der Waals surface area contributed by atoms with Gasteiger partial charge < -0.3 is 0 Å². The van der Waals surface area contributed by atoms with Crippen LogP contribution in [-0.4, -0.2) is 0 Å². The van der Waals surface area contributed by atoms with Crippen molar-refractivity contribution in [3.8, 4) is 0 Å². The molecule has 3 N–H and O–H groups in total. The van der Waals surface area contributed by atoms with E-state index in [0.717, 1.165) is 31.4 Å². The summed E-state index contributed by atoms with van der Waals surface area (Å²) < 4.78 is 26.9. The Morgan fingerprint density at radius 1 is 1.35 bits per heavy atom. The second-order valence-electron chi connectivity index (χ2n) is 4.88. The number of nitrogens with one attached hydrogen (secondary N) is 1. The molecule has 4 heteroatoms. The Kier molecular flexibility index (Phi) is 3.74. The van der Waals surface area contributed by atoms with Crippen molar-refractivity contribution < 1.29 is 8.78 Å². The fourth-order valence-corrected chi connectivity index (χ4v) is 2.87. The SMILES string of the molecule is CC1CCCC1C(NN)c1cc(F)ccc1F. The normalized spacial score (nSPS) is 26.1. The molecule has 17 heavy (non-hydrogen) atoms. The predicted octanol–water partition coefficient (Wildman–Crippen LogP) is 2.91. The van der Waals surface area contributed by atoms with Crippen LogP contribution < -0.4 is 11.3 Å². The molecule has 3 unspecified atom stereocenters. The molecule has 1 fully saturated rings. The molecule has 2 rings (SSSR count). The van der Waals surface area contributed by atoms with E-state index in [0.29, 0.717) is 11.5 Å².